The molecule has 2 aromatic rings. The Hall–Kier alpha value is -1.92. The van der Waals surface area contributed by atoms with Gasteiger partial charge in [-0.3, -0.25) is 9.20 Å². The van der Waals surface area contributed by atoms with Gasteiger partial charge in [0.25, 0.3) is 5.91 Å². The number of hydrogen-bond acceptors (Lipinski definition) is 4. The van der Waals surface area contributed by atoms with E-state index in [2.05, 4.69) is 31.2 Å². The van der Waals surface area contributed by atoms with Crippen LogP contribution in [0.5, 0.6) is 0 Å². The minimum Gasteiger partial charge on any atom is -0.350 e. The molecular weight excluding hydrogens is 294 g/mol. The lowest BCUT2D eigenvalue weighted by atomic mass is 9.88. The van der Waals surface area contributed by atoms with Gasteiger partial charge in [0, 0.05) is 19.2 Å². The summed E-state index contributed by atoms with van der Waals surface area (Å²) < 4.78 is 7.23. The van der Waals surface area contributed by atoms with Gasteiger partial charge in [-0.15, -0.1) is 0 Å². The van der Waals surface area contributed by atoms with E-state index in [1.165, 1.54) is 0 Å². The number of hydrogen-bond donors (Lipinski definition) is 1. The minimum atomic E-state index is -0.364. The van der Waals surface area contributed by atoms with Crippen molar-refractivity contribution in [1.82, 2.24) is 14.9 Å². The SMILES string of the molecule is CC(C)(C)c1ccc2ncc(C(=O)NOC3CCCCO3)n2c1. The van der Waals surface area contributed by atoms with Crippen molar-refractivity contribution in [2.75, 3.05) is 6.61 Å². The number of ether oxygens (including phenoxy) is 1. The Labute approximate surface area is 135 Å². The Kier molecular flexibility index (Phi) is 4.37. The highest BCUT2D eigenvalue weighted by Gasteiger charge is 2.20. The summed E-state index contributed by atoms with van der Waals surface area (Å²) in [5.41, 5.74) is 4.79. The fourth-order valence-corrected chi connectivity index (χ4v) is 2.57. The van der Waals surface area contributed by atoms with Gasteiger partial charge >= 0.3 is 0 Å². The molecule has 1 aliphatic heterocycles. The topological polar surface area (TPSA) is 64.9 Å². The number of fused-ring (bicyclic) bond motifs is 1. The summed E-state index contributed by atoms with van der Waals surface area (Å²) in [5, 5.41) is 0. The van der Waals surface area contributed by atoms with Crippen LogP contribution in [-0.2, 0) is 15.0 Å². The number of nitrogens with one attached hydrogen (secondary N) is 1. The molecule has 1 aliphatic rings. The second kappa shape index (κ2) is 6.29. The number of carbonyl (C=O) groups is 1. The van der Waals surface area contributed by atoms with E-state index >= 15 is 0 Å². The van der Waals surface area contributed by atoms with Gasteiger partial charge in [0.1, 0.15) is 11.3 Å². The fraction of sp³-hybridized carbons (Fsp3) is 0.529. The third-order valence-corrected chi connectivity index (χ3v) is 4.03. The maximum absolute atomic E-state index is 12.4. The molecule has 6 heteroatoms. The lowest BCUT2D eigenvalue weighted by molar-refractivity contribution is -0.186. The Balaban J connectivity index is 1.77. The monoisotopic (exact) mass is 317 g/mol. The number of aromatic nitrogens is 2. The van der Waals surface area contributed by atoms with Crippen LogP contribution in [0.4, 0.5) is 0 Å². The van der Waals surface area contributed by atoms with E-state index in [4.69, 9.17) is 9.57 Å². The van der Waals surface area contributed by atoms with Gasteiger partial charge < -0.3 is 4.74 Å². The Morgan fingerprint density at radius 1 is 1.39 bits per heavy atom. The second-order valence-electron chi connectivity index (χ2n) is 6.88. The van der Waals surface area contributed by atoms with Gasteiger partial charge in [0.2, 0.25) is 0 Å². The van der Waals surface area contributed by atoms with Crippen LogP contribution in [0.2, 0.25) is 0 Å². The van der Waals surface area contributed by atoms with Crippen molar-refractivity contribution < 1.29 is 14.4 Å². The number of hydroxylamine groups is 1. The van der Waals surface area contributed by atoms with Crippen molar-refractivity contribution in [2.45, 2.75) is 51.7 Å². The summed E-state index contributed by atoms with van der Waals surface area (Å²) in [7, 11) is 0. The molecule has 6 nitrogen and oxygen atoms in total. The van der Waals surface area contributed by atoms with Gasteiger partial charge in [-0.1, -0.05) is 26.8 Å². The van der Waals surface area contributed by atoms with Crippen LogP contribution >= 0.6 is 0 Å². The van der Waals surface area contributed by atoms with E-state index < -0.39 is 0 Å². The standard InChI is InChI=1S/C17H23N3O3/c1-17(2,3)12-7-8-14-18-10-13(20(14)11-12)16(21)19-23-15-6-4-5-9-22-15/h7-8,10-11,15H,4-6,9H2,1-3H3,(H,19,21). The smallest absolute Gasteiger partial charge is 0.293 e. The summed E-state index contributed by atoms with van der Waals surface area (Å²) in [6, 6.07) is 3.96. The number of pyridine rings is 1. The van der Waals surface area contributed by atoms with Crippen LogP contribution < -0.4 is 5.48 Å². The van der Waals surface area contributed by atoms with Gasteiger partial charge in [-0.05, 0) is 29.9 Å². The summed E-state index contributed by atoms with van der Waals surface area (Å²) >= 11 is 0. The van der Waals surface area contributed by atoms with Crippen molar-refractivity contribution in [3.8, 4) is 0 Å². The van der Waals surface area contributed by atoms with Crippen molar-refractivity contribution >= 4 is 11.6 Å². The van der Waals surface area contributed by atoms with Gasteiger partial charge in [-0.2, -0.15) is 0 Å². The molecular formula is C17H23N3O3. The first kappa shape index (κ1) is 16.0. The highest BCUT2D eigenvalue weighted by molar-refractivity contribution is 5.92. The molecule has 0 bridgehead atoms. The number of imidazole rings is 1. The third-order valence-electron chi connectivity index (χ3n) is 4.03. The molecule has 1 fully saturated rings. The van der Waals surface area contributed by atoms with Crippen LogP contribution in [-0.4, -0.2) is 28.2 Å². The van der Waals surface area contributed by atoms with E-state index in [1.54, 1.807) is 10.6 Å². The zero-order valence-corrected chi connectivity index (χ0v) is 13.8. The molecule has 3 heterocycles. The molecule has 0 aromatic carbocycles. The summed E-state index contributed by atoms with van der Waals surface area (Å²) in [6.07, 6.45) is 6.02. The van der Waals surface area contributed by atoms with E-state index in [1.807, 2.05) is 18.3 Å². The lowest BCUT2D eigenvalue weighted by Gasteiger charge is -2.22. The molecule has 0 saturated carbocycles. The van der Waals surface area contributed by atoms with Crippen molar-refractivity contribution in [2.24, 2.45) is 0 Å². The molecule has 3 rings (SSSR count). The van der Waals surface area contributed by atoms with Crippen LogP contribution in [0.15, 0.2) is 24.5 Å². The van der Waals surface area contributed by atoms with Gasteiger partial charge in [-0.25, -0.2) is 15.3 Å². The predicted octanol–water partition coefficient (Wildman–Crippen LogP) is 2.82. The first-order valence-corrected chi connectivity index (χ1v) is 8.00. The predicted molar refractivity (Wildman–Crippen MR) is 86.0 cm³/mol. The highest BCUT2D eigenvalue weighted by Crippen LogP contribution is 2.23. The van der Waals surface area contributed by atoms with Crippen LogP contribution in [0.3, 0.4) is 0 Å². The average Bonchev–Trinajstić information content (AvgIpc) is 2.96. The van der Waals surface area contributed by atoms with Crippen LogP contribution in [0, 0.1) is 0 Å². The Morgan fingerprint density at radius 3 is 2.91 bits per heavy atom. The normalized spacial score (nSPS) is 19.0. The third kappa shape index (κ3) is 3.54. The largest absolute Gasteiger partial charge is 0.350 e. The van der Waals surface area contributed by atoms with Gasteiger partial charge in [0.15, 0.2) is 6.29 Å². The van der Waals surface area contributed by atoms with Crippen molar-refractivity contribution in [1.29, 1.82) is 0 Å². The van der Waals surface area contributed by atoms with Crippen LogP contribution in [0.25, 0.3) is 5.65 Å². The van der Waals surface area contributed by atoms with E-state index in [9.17, 15) is 4.79 Å². The first-order chi connectivity index (χ1) is 10.9. The molecule has 1 amide bonds. The number of nitrogens with zero attached hydrogens (tertiary/aromatic N) is 2. The maximum Gasteiger partial charge on any atom is 0.293 e. The average molecular weight is 317 g/mol. The summed E-state index contributed by atoms with van der Waals surface area (Å²) in [4.78, 5) is 22.0. The zero-order valence-electron chi connectivity index (χ0n) is 13.8. The Bertz CT molecular complexity index is 697. The zero-order chi connectivity index (χ0) is 16.4. The summed E-state index contributed by atoms with van der Waals surface area (Å²) in [6.45, 7) is 7.07. The summed E-state index contributed by atoms with van der Waals surface area (Å²) in [5.74, 6) is -0.322. The molecule has 0 aliphatic carbocycles. The van der Waals surface area contributed by atoms with E-state index in [0.717, 1.165) is 30.5 Å². The molecule has 1 atom stereocenters. The van der Waals surface area contributed by atoms with Crippen molar-refractivity contribution in [3.05, 3.63) is 35.8 Å². The number of carbonyl (C=O) groups excluding carboxylic acids is 1. The van der Waals surface area contributed by atoms with Gasteiger partial charge in [0.05, 0.1) is 6.20 Å². The Morgan fingerprint density at radius 2 is 2.22 bits per heavy atom. The second-order valence-corrected chi connectivity index (χ2v) is 6.88. The minimum absolute atomic E-state index is 0.00135. The highest BCUT2D eigenvalue weighted by atomic mass is 16.8. The lowest BCUT2D eigenvalue weighted by Crippen LogP contribution is -2.33. The van der Waals surface area contributed by atoms with E-state index in [0.29, 0.717) is 12.3 Å². The molecule has 1 saturated heterocycles. The quantitative estimate of drug-likeness (QED) is 0.884. The molecule has 23 heavy (non-hydrogen) atoms. The molecule has 1 N–H and O–H groups in total. The molecule has 0 spiro atoms. The first-order valence-electron chi connectivity index (χ1n) is 8.00. The molecule has 1 unspecified atom stereocenters. The number of amides is 1. The number of rotatable bonds is 3. The van der Waals surface area contributed by atoms with Crippen molar-refractivity contribution in [3.63, 3.8) is 0 Å². The van der Waals surface area contributed by atoms with E-state index in [-0.39, 0.29) is 17.6 Å². The molecule has 124 valence electrons. The maximum atomic E-state index is 12.4. The molecule has 2 aromatic heterocycles. The van der Waals surface area contributed by atoms with Crippen LogP contribution in [0.1, 0.15) is 56.1 Å². The fourth-order valence-electron chi connectivity index (χ4n) is 2.57. The molecule has 0 radical (unpaired) electrons.